The number of rotatable bonds is 9. The molecular weight excluding hydrogens is 510 g/mol. The molecule has 204 valence electrons. The molecule has 3 heterocycles. The summed E-state index contributed by atoms with van der Waals surface area (Å²) in [5.74, 6) is 1.82. The van der Waals surface area contributed by atoms with Gasteiger partial charge >= 0.3 is 0 Å². The van der Waals surface area contributed by atoms with E-state index in [4.69, 9.17) is 9.72 Å². The third kappa shape index (κ3) is 6.37. The van der Waals surface area contributed by atoms with E-state index in [-0.39, 0.29) is 17.5 Å². The van der Waals surface area contributed by atoms with Gasteiger partial charge in [-0.05, 0) is 67.8 Å². The van der Waals surface area contributed by atoms with Crippen molar-refractivity contribution in [2.24, 2.45) is 0 Å². The molecule has 5 rings (SSSR count). The number of hydrogen-bond donors (Lipinski definition) is 2. The zero-order valence-electron chi connectivity index (χ0n) is 22.6. The molecule has 2 atom stereocenters. The van der Waals surface area contributed by atoms with Crippen LogP contribution in [0, 0.1) is 6.92 Å². The number of aromatic nitrogens is 3. The summed E-state index contributed by atoms with van der Waals surface area (Å²) < 4.78 is 31.7. The maximum absolute atomic E-state index is 12.6. The van der Waals surface area contributed by atoms with E-state index in [9.17, 15) is 8.42 Å². The van der Waals surface area contributed by atoms with Crippen molar-refractivity contribution < 1.29 is 13.2 Å². The highest BCUT2D eigenvalue weighted by Crippen LogP contribution is 2.37. The highest BCUT2D eigenvalue weighted by atomic mass is 32.2. The molecule has 4 aromatic rings. The second-order valence-corrected chi connectivity index (χ2v) is 12.5. The van der Waals surface area contributed by atoms with Crippen LogP contribution < -0.4 is 15.4 Å². The first-order valence-electron chi connectivity index (χ1n) is 13.5. The first-order valence-corrected chi connectivity index (χ1v) is 15.3. The largest absolute Gasteiger partial charge is 0.437 e. The van der Waals surface area contributed by atoms with E-state index in [1.165, 1.54) is 0 Å². The number of aryl methyl sites for hydroxylation is 1. The van der Waals surface area contributed by atoms with Gasteiger partial charge in [0, 0.05) is 36.4 Å². The Morgan fingerprint density at radius 2 is 1.90 bits per heavy atom. The minimum atomic E-state index is -3.20. The molecule has 1 aliphatic rings. The van der Waals surface area contributed by atoms with E-state index in [1.54, 1.807) is 12.4 Å². The minimum Gasteiger partial charge on any atom is -0.437 e. The minimum absolute atomic E-state index is 0.00164. The van der Waals surface area contributed by atoms with Crippen molar-refractivity contribution in [3.63, 3.8) is 0 Å². The van der Waals surface area contributed by atoms with Gasteiger partial charge in [0.1, 0.15) is 5.75 Å². The molecule has 0 spiro atoms. The van der Waals surface area contributed by atoms with E-state index >= 15 is 0 Å². The lowest BCUT2D eigenvalue weighted by Gasteiger charge is -2.28. The lowest BCUT2D eigenvalue weighted by atomic mass is 10.0. The summed E-state index contributed by atoms with van der Waals surface area (Å²) in [5, 5.41) is 8.66. The predicted octanol–water partition coefficient (Wildman–Crippen LogP) is 5.67. The Bertz CT molecular complexity index is 1570. The van der Waals surface area contributed by atoms with Crippen LogP contribution in [0.5, 0.6) is 11.6 Å². The van der Waals surface area contributed by atoms with Gasteiger partial charge in [0.25, 0.3) is 0 Å². The molecule has 2 aromatic heterocycles. The second-order valence-electron chi connectivity index (χ2n) is 10.3. The highest BCUT2D eigenvalue weighted by Gasteiger charge is 2.20. The molecule has 2 unspecified atom stereocenters. The molecule has 8 nitrogen and oxygen atoms in total. The van der Waals surface area contributed by atoms with Crippen LogP contribution >= 0.6 is 0 Å². The van der Waals surface area contributed by atoms with Gasteiger partial charge in [-0.3, -0.25) is 0 Å². The Morgan fingerprint density at radius 1 is 1.03 bits per heavy atom. The summed E-state index contributed by atoms with van der Waals surface area (Å²) in [4.78, 5) is 13.8. The molecule has 2 N–H and O–H groups in total. The molecule has 2 aromatic carbocycles. The van der Waals surface area contributed by atoms with Gasteiger partial charge in [-0.1, -0.05) is 37.3 Å². The Morgan fingerprint density at radius 3 is 2.69 bits per heavy atom. The molecule has 1 aliphatic heterocycles. The molecule has 0 bridgehead atoms. The van der Waals surface area contributed by atoms with Crippen LogP contribution in [0.4, 0.5) is 5.95 Å². The molecule has 0 amide bonds. The van der Waals surface area contributed by atoms with Gasteiger partial charge in [0.05, 0.1) is 22.8 Å². The number of pyridine rings is 1. The number of anilines is 1. The zero-order valence-corrected chi connectivity index (χ0v) is 23.5. The number of nitrogens with one attached hydrogen (secondary N) is 2. The molecule has 0 radical (unpaired) electrons. The maximum atomic E-state index is 12.6. The third-order valence-electron chi connectivity index (χ3n) is 7.09. The number of hydrogen-bond acceptors (Lipinski definition) is 8. The Kier molecular flexibility index (Phi) is 8.09. The number of piperidine rings is 1. The van der Waals surface area contributed by atoms with Gasteiger partial charge in [-0.2, -0.15) is 0 Å². The summed E-state index contributed by atoms with van der Waals surface area (Å²) in [7, 11) is -3.20. The zero-order chi connectivity index (χ0) is 27.4. The third-order valence-corrected chi connectivity index (χ3v) is 8.87. The van der Waals surface area contributed by atoms with Crippen LogP contribution in [0.15, 0.2) is 60.9 Å². The monoisotopic (exact) mass is 545 g/mol. The number of benzene rings is 2. The van der Waals surface area contributed by atoms with Crippen molar-refractivity contribution in [3.8, 4) is 22.9 Å². The molecule has 1 saturated heterocycles. The molecular formula is C30H35N5O3S. The predicted molar refractivity (Wildman–Crippen MR) is 156 cm³/mol. The summed E-state index contributed by atoms with van der Waals surface area (Å²) in [5.41, 5.74) is 3.15. The fraction of sp³-hybridized carbons (Fsp3) is 0.367. The average molecular weight is 546 g/mol. The standard InChI is InChI=1S/C30H35N5O3S/c1-4-17-39(36,37)19-22-7-5-8-25-24(22)13-10-20(2)28(25)38-29-26(9-6-15-31-29)27-14-16-32-30(35-27)34-23-12-11-21(3)33-18-23/h5-10,13-16,21,23,33H,4,11-12,17-19H2,1-3H3,(H,32,34,35). The number of ether oxygens (including phenoxy) is 1. The quantitative estimate of drug-likeness (QED) is 0.277. The fourth-order valence-corrected chi connectivity index (χ4v) is 6.52. The van der Waals surface area contributed by atoms with Crippen molar-refractivity contribution in [2.45, 2.75) is 57.9 Å². The van der Waals surface area contributed by atoms with E-state index < -0.39 is 9.84 Å². The summed E-state index contributed by atoms with van der Waals surface area (Å²) >= 11 is 0. The van der Waals surface area contributed by atoms with E-state index in [2.05, 4.69) is 27.5 Å². The second kappa shape index (κ2) is 11.7. The van der Waals surface area contributed by atoms with Crippen molar-refractivity contribution in [3.05, 3.63) is 72.1 Å². The van der Waals surface area contributed by atoms with Gasteiger partial charge in [-0.25, -0.2) is 23.4 Å². The van der Waals surface area contributed by atoms with Crippen molar-refractivity contribution >= 4 is 26.6 Å². The number of sulfone groups is 1. The normalized spacial score (nSPS) is 17.7. The summed E-state index contributed by atoms with van der Waals surface area (Å²) in [6, 6.07) is 16.1. The van der Waals surface area contributed by atoms with Crippen LogP contribution in [0.3, 0.4) is 0 Å². The molecule has 0 saturated carbocycles. The van der Waals surface area contributed by atoms with Gasteiger partial charge in [0.2, 0.25) is 11.8 Å². The van der Waals surface area contributed by atoms with Crippen LogP contribution in [0.2, 0.25) is 0 Å². The molecule has 39 heavy (non-hydrogen) atoms. The van der Waals surface area contributed by atoms with Crippen LogP contribution in [0.1, 0.15) is 44.2 Å². The molecule has 0 aliphatic carbocycles. The van der Waals surface area contributed by atoms with Crippen molar-refractivity contribution in [2.75, 3.05) is 17.6 Å². The maximum Gasteiger partial charge on any atom is 0.228 e. The lowest BCUT2D eigenvalue weighted by Crippen LogP contribution is -2.43. The SMILES string of the molecule is CCCS(=O)(=O)Cc1cccc2c(Oc3ncccc3-c3ccnc(NC4CCC(C)NC4)n3)c(C)ccc12. The average Bonchev–Trinajstić information content (AvgIpc) is 2.92. The van der Waals surface area contributed by atoms with Gasteiger partial charge in [0.15, 0.2) is 9.84 Å². The van der Waals surface area contributed by atoms with Gasteiger partial charge in [-0.15, -0.1) is 0 Å². The van der Waals surface area contributed by atoms with E-state index in [0.29, 0.717) is 35.7 Å². The van der Waals surface area contributed by atoms with Crippen LogP contribution in [-0.2, 0) is 15.6 Å². The van der Waals surface area contributed by atoms with Crippen molar-refractivity contribution in [1.82, 2.24) is 20.3 Å². The Hall–Kier alpha value is -3.56. The first-order chi connectivity index (χ1) is 18.8. The van der Waals surface area contributed by atoms with E-state index in [1.807, 2.05) is 62.4 Å². The summed E-state index contributed by atoms with van der Waals surface area (Å²) in [6.07, 6.45) is 6.20. The van der Waals surface area contributed by atoms with Gasteiger partial charge < -0.3 is 15.4 Å². The topological polar surface area (TPSA) is 106 Å². The summed E-state index contributed by atoms with van der Waals surface area (Å²) in [6.45, 7) is 6.93. The molecule has 1 fully saturated rings. The highest BCUT2D eigenvalue weighted by molar-refractivity contribution is 7.90. The Balaban J connectivity index is 1.47. The number of nitrogens with zero attached hydrogens (tertiary/aromatic N) is 3. The van der Waals surface area contributed by atoms with Crippen LogP contribution in [-0.4, -0.2) is 47.8 Å². The van der Waals surface area contributed by atoms with Crippen molar-refractivity contribution in [1.29, 1.82) is 0 Å². The first kappa shape index (κ1) is 27.0. The smallest absolute Gasteiger partial charge is 0.228 e. The fourth-order valence-electron chi connectivity index (χ4n) is 5.03. The molecule has 9 heteroatoms. The number of fused-ring (bicyclic) bond motifs is 1. The van der Waals surface area contributed by atoms with Crippen LogP contribution in [0.25, 0.3) is 22.0 Å². The van der Waals surface area contributed by atoms with E-state index in [0.717, 1.165) is 46.8 Å². The Labute approximate surface area is 230 Å². The lowest BCUT2D eigenvalue weighted by molar-refractivity contribution is 0.397.